The minimum absolute atomic E-state index is 0.518. The number of hydrogen-bond acceptors (Lipinski definition) is 6. The number of rotatable bonds is 6. The Morgan fingerprint density at radius 3 is 2.87 bits per heavy atom. The summed E-state index contributed by atoms with van der Waals surface area (Å²) >= 11 is 1.53. The second-order valence-corrected chi connectivity index (χ2v) is 4.95. The fraction of sp³-hybridized carbons (Fsp3) is 0.875. The van der Waals surface area contributed by atoms with Crippen LogP contribution in [-0.2, 0) is 6.54 Å². The second-order valence-electron chi connectivity index (χ2n) is 3.88. The molecule has 3 N–H and O–H groups in total. The lowest BCUT2D eigenvalue weighted by Crippen LogP contribution is -2.19. The van der Waals surface area contributed by atoms with Crippen LogP contribution in [0.15, 0.2) is 5.16 Å². The highest BCUT2D eigenvalue weighted by Gasteiger charge is 2.13. The molecule has 0 aliphatic heterocycles. The molecule has 0 bridgehead atoms. The molecule has 0 amide bonds. The number of aromatic nitrogens is 4. The summed E-state index contributed by atoms with van der Waals surface area (Å²) in [7, 11) is 0. The maximum Gasteiger partial charge on any atom is 0.209 e. The Balaban J connectivity index is 2.40. The first kappa shape index (κ1) is 12.4. The summed E-state index contributed by atoms with van der Waals surface area (Å²) < 4.78 is 1.68. The third kappa shape index (κ3) is 4.59. The Morgan fingerprint density at radius 2 is 2.27 bits per heavy atom. The van der Waals surface area contributed by atoms with Gasteiger partial charge < -0.3 is 10.8 Å². The number of hydrogen-bond donors (Lipinski definition) is 2. The predicted octanol–water partition coefficient (Wildman–Crippen LogP) is -0.115. The molecule has 0 unspecified atom stereocenters. The highest BCUT2D eigenvalue weighted by Crippen LogP contribution is 2.18. The summed E-state index contributed by atoms with van der Waals surface area (Å²) in [5.41, 5.74) is 4.78. The van der Waals surface area contributed by atoms with Crippen LogP contribution in [-0.4, -0.2) is 43.2 Å². The van der Waals surface area contributed by atoms with Gasteiger partial charge >= 0.3 is 0 Å². The van der Waals surface area contributed by atoms with Crippen molar-refractivity contribution in [2.45, 2.75) is 37.6 Å². The standard InChI is InChI=1S/C8H17N5OS/c1-8(2,14)3-6-15-7-10-11-12-13(7)5-4-9/h14H,3-6,9H2,1-2H3. The molecule has 6 nitrogen and oxygen atoms in total. The minimum atomic E-state index is -0.640. The molecule has 0 saturated heterocycles. The van der Waals surface area contributed by atoms with Crippen LogP contribution >= 0.6 is 11.8 Å². The van der Waals surface area contributed by atoms with Crippen LogP contribution in [0.1, 0.15) is 20.3 Å². The van der Waals surface area contributed by atoms with E-state index in [-0.39, 0.29) is 0 Å². The topological polar surface area (TPSA) is 89.9 Å². The molecule has 1 aromatic rings. The van der Waals surface area contributed by atoms with Gasteiger partial charge in [0.1, 0.15) is 0 Å². The zero-order chi connectivity index (χ0) is 11.3. The van der Waals surface area contributed by atoms with Crippen molar-refractivity contribution < 1.29 is 5.11 Å². The van der Waals surface area contributed by atoms with Crippen molar-refractivity contribution in [3.63, 3.8) is 0 Å². The van der Waals surface area contributed by atoms with Gasteiger partial charge in [-0.3, -0.25) is 0 Å². The summed E-state index contributed by atoms with van der Waals surface area (Å²) in [4.78, 5) is 0. The molecule has 15 heavy (non-hydrogen) atoms. The lowest BCUT2D eigenvalue weighted by molar-refractivity contribution is 0.0777. The normalized spacial score (nSPS) is 12.0. The zero-order valence-corrected chi connectivity index (χ0v) is 9.87. The molecule has 0 aliphatic carbocycles. The van der Waals surface area contributed by atoms with Gasteiger partial charge in [-0.05, 0) is 30.7 Å². The van der Waals surface area contributed by atoms with Crippen molar-refractivity contribution in [2.24, 2.45) is 5.73 Å². The summed E-state index contributed by atoms with van der Waals surface area (Å²) in [6.07, 6.45) is 0.702. The molecule has 0 spiro atoms. The van der Waals surface area contributed by atoms with Crippen LogP contribution in [0.25, 0.3) is 0 Å². The first-order chi connectivity index (χ1) is 7.03. The maximum atomic E-state index is 9.53. The van der Waals surface area contributed by atoms with E-state index in [0.717, 1.165) is 10.9 Å². The molecular weight excluding hydrogens is 214 g/mol. The van der Waals surface area contributed by atoms with Crippen LogP contribution in [0.4, 0.5) is 0 Å². The maximum absolute atomic E-state index is 9.53. The SMILES string of the molecule is CC(C)(O)CCSc1nnnn1CCN. The van der Waals surface area contributed by atoms with E-state index in [1.807, 2.05) is 0 Å². The highest BCUT2D eigenvalue weighted by molar-refractivity contribution is 7.99. The third-order valence-corrected chi connectivity index (χ3v) is 2.74. The van der Waals surface area contributed by atoms with Crippen molar-refractivity contribution in [1.29, 1.82) is 0 Å². The quantitative estimate of drug-likeness (QED) is 0.664. The van der Waals surface area contributed by atoms with E-state index in [2.05, 4.69) is 15.5 Å². The van der Waals surface area contributed by atoms with Gasteiger partial charge in [0, 0.05) is 12.3 Å². The van der Waals surface area contributed by atoms with Gasteiger partial charge in [-0.2, -0.15) is 0 Å². The molecule has 86 valence electrons. The summed E-state index contributed by atoms with van der Waals surface area (Å²) in [5, 5.41) is 21.6. The first-order valence-corrected chi connectivity index (χ1v) is 5.83. The van der Waals surface area contributed by atoms with Crippen LogP contribution in [0.3, 0.4) is 0 Å². The van der Waals surface area contributed by atoms with Gasteiger partial charge in [-0.25, -0.2) is 4.68 Å². The van der Waals surface area contributed by atoms with E-state index in [0.29, 0.717) is 19.5 Å². The van der Waals surface area contributed by atoms with Gasteiger partial charge in [-0.15, -0.1) is 5.10 Å². The monoisotopic (exact) mass is 231 g/mol. The molecule has 0 radical (unpaired) electrons. The molecule has 7 heteroatoms. The molecule has 0 aliphatic rings. The Labute approximate surface area is 93.2 Å². The number of aliphatic hydroxyl groups is 1. The number of thioether (sulfide) groups is 1. The summed E-state index contributed by atoms with van der Waals surface area (Å²) in [6.45, 7) is 4.72. The van der Waals surface area contributed by atoms with E-state index in [1.54, 1.807) is 18.5 Å². The van der Waals surface area contributed by atoms with E-state index < -0.39 is 5.60 Å². The van der Waals surface area contributed by atoms with Crippen molar-refractivity contribution in [3.05, 3.63) is 0 Å². The van der Waals surface area contributed by atoms with Gasteiger partial charge in [0.2, 0.25) is 5.16 Å². The fourth-order valence-corrected chi connectivity index (χ4v) is 2.11. The molecule has 1 heterocycles. The van der Waals surface area contributed by atoms with Crippen LogP contribution in [0, 0.1) is 0 Å². The van der Waals surface area contributed by atoms with Gasteiger partial charge in [0.25, 0.3) is 0 Å². The lowest BCUT2D eigenvalue weighted by Gasteiger charge is -2.15. The third-order valence-electron chi connectivity index (χ3n) is 1.78. The van der Waals surface area contributed by atoms with Crippen molar-refractivity contribution in [3.8, 4) is 0 Å². The van der Waals surface area contributed by atoms with Crippen LogP contribution in [0.5, 0.6) is 0 Å². The number of tetrazole rings is 1. The van der Waals surface area contributed by atoms with E-state index in [1.165, 1.54) is 11.8 Å². The lowest BCUT2D eigenvalue weighted by atomic mass is 10.1. The van der Waals surface area contributed by atoms with E-state index in [9.17, 15) is 5.11 Å². The molecule has 0 saturated carbocycles. The number of nitrogens with zero attached hydrogens (tertiary/aromatic N) is 4. The van der Waals surface area contributed by atoms with Crippen LogP contribution < -0.4 is 5.73 Å². The Hall–Kier alpha value is -0.660. The average Bonchev–Trinajstić information content (AvgIpc) is 2.51. The van der Waals surface area contributed by atoms with Crippen molar-refractivity contribution >= 4 is 11.8 Å². The Kier molecular flexibility index (Phi) is 4.49. The Bertz CT molecular complexity index is 295. The molecular formula is C8H17N5OS. The zero-order valence-electron chi connectivity index (χ0n) is 9.05. The average molecular weight is 231 g/mol. The smallest absolute Gasteiger partial charge is 0.209 e. The fourth-order valence-electron chi connectivity index (χ4n) is 0.955. The van der Waals surface area contributed by atoms with Crippen molar-refractivity contribution in [2.75, 3.05) is 12.3 Å². The highest BCUT2D eigenvalue weighted by atomic mass is 32.2. The van der Waals surface area contributed by atoms with Gasteiger partial charge in [0.15, 0.2) is 0 Å². The minimum Gasteiger partial charge on any atom is -0.390 e. The summed E-state index contributed by atoms with van der Waals surface area (Å²) in [5.74, 6) is 0.786. The van der Waals surface area contributed by atoms with Crippen molar-refractivity contribution in [1.82, 2.24) is 20.2 Å². The molecule has 0 atom stereocenters. The molecule has 1 aromatic heterocycles. The first-order valence-electron chi connectivity index (χ1n) is 4.84. The predicted molar refractivity (Wildman–Crippen MR) is 58.5 cm³/mol. The molecule has 0 aromatic carbocycles. The number of nitrogens with two attached hydrogens (primary N) is 1. The molecule has 0 fully saturated rings. The largest absolute Gasteiger partial charge is 0.390 e. The van der Waals surface area contributed by atoms with Gasteiger partial charge in [-0.1, -0.05) is 11.8 Å². The second kappa shape index (κ2) is 5.43. The van der Waals surface area contributed by atoms with Gasteiger partial charge in [0.05, 0.1) is 12.1 Å². The Morgan fingerprint density at radius 1 is 1.53 bits per heavy atom. The van der Waals surface area contributed by atoms with E-state index >= 15 is 0 Å². The van der Waals surface area contributed by atoms with Crippen LogP contribution in [0.2, 0.25) is 0 Å². The van der Waals surface area contributed by atoms with E-state index in [4.69, 9.17) is 5.73 Å². The molecule has 1 rings (SSSR count). The summed E-state index contributed by atoms with van der Waals surface area (Å²) in [6, 6.07) is 0.